The Morgan fingerprint density at radius 2 is 1.69 bits per heavy atom. The molecule has 0 spiro atoms. The van der Waals surface area contributed by atoms with Gasteiger partial charge in [0.25, 0.3) is 5.91 Å². The number of hydrogen-bond donors (Lipinski definition) is 1. The molecule has 0 saturated carbocycles. The van der Waals surface area contributed by atoms with Crippen LogP contribution < -0.4 is 19.5 Å². The molecule has 1 aromatic carbocycles. The highest BCUT2D eigenvalue weighted by Crippen LogP contribution is 2.38. The number of pyridine rings is 2. The van der Waals surface area contributed by atoms with Crippen LogP contribution in [-0.4, -0.2) is 42.4 Å². The standard InChI is InChI=1S/C23H19F4N3O6/c1-11-9-29-15(22(32)34-4)8-14(11)30-21(31)19-18(10-28-12(2)20(19)24)35-16-6-5-13(7-17(16)33-3)36-23(25,26)27/h5-10H,1-4H3,(H,29,30,31). The number of ether oxygens (including phenoxy) is 4. The number of anilines is 1. The van der Waals surface area contributed by atoms with Gasteiger partial charge in [-0.25, -0.2) is 14.2 Å². The van der Waals surface area contributed by atoms with Gasteiger partial charge in [-0.1, -0.05) is 0 Å². The van der Waals surface area contributed by atoms with Gasteiger partial charge in [0.15, 0.2) is 23.1 Å². The van der Waals surface area contributed by atoms with Crippen molar-refractivity contribution < 1.29 is 46.1 Å². The van der Waals surface area contributed by atoms with Crippen molar-refractivity contribution in [2.75, 3.05) is 19.5 Å². The number of benzene rings is 1. The number of rotatable bonds is 7. The van der Waals surface area contributed by atoms with E-state index in [2.05, 4.69) is 24.8 Å². The van der Waals surface area contributed by atoms with Crippen molar-refractivity contribution >= 4 is 17.6 Å². The van der Waals surface area contributed by atoms with Gasteiger partial charge in [0.05, 0.1) is 26.1 Å². The molecule has 13 heteroatoms. The maximum absolute atomic E-state index is 15.0. The molecule has 2 aromatic heterocycles. The molecule has 36 heavy (non-hydrogen) atoms. The van der Waals surface area contributed by atoms with Crippen molar-refractivity contribution in [2.24, 2.45) is 0 Å². The minimum Gasteiger partial charge on any atom is -0.493 e. The molecule has 0 aliphatic heterocycles. The Morgan fingerprint density at radius 3 is 2.33 bits per heavy atom. The van der Waals surface area contributed by atoms with E-state index in [0.29, 0.717) is 5.56 Å². The van der Waals surface area contributed by atoms with E-state index in [1.807, 2.05) is 0 Å². The summed E-state index contributed by atoms with van der Waals surface area (Å²) in [6, 6.07) is 4.22. The average Bonchev–Trinajstić information content (AvgIpc) is 2.82. The molecule has 3 rings (SSSR count). The van der Waals surface area contributed by atoms with Crippen LogP contribution in [0.1, 0.15) is 32.1 Å². The first-order valence-corrected chi connectivity index (χ1v) is 10.1. The van der Waals surface area contributed by atoms with E-state index in [0.717, 1.165) is 31.5 Å². The smallest absolute Gasteiger partial charge is 0.493 e. The number of carbonyl (C=O) groups excluding carboxylic acids is 2. The van der Waals surface area contributed by atoms with Gasteiger partial charge >= 0.3 is 12.3 Å². The van der Waals surface area contributed by atoms with Crippen molar-refractivity contribution in [3.8, 4) is 23.0 Å². The van der Waals surface area contributed by atoms with Crippen LogP contribution in [0.2, 0.25) is 0 Å². The summed E-state index contributed by atoms with van der Waals surface area (Å²) >= 11 is 0. The molecule has 0 saturated heterocycles. The third-order valence-electron chi connectivity index (χ3n) is 4.72. The minimum atomic E-state index is -4.93. The number of amides is 1. The Bertz CT molecular complexity index is 1310. The molecule has 0 fully saturated rings. The van der Waals surface area contributed by atoms with Crippen LogP contribution >= 0.6 is 0 Å². The zero-order chi connectivity index (χ0) is 26.6. The topological polar surface area (TPSA) is 109 Å². The minimum absolute atomic E-state index is 0.0906. The second-order valence-electron chi connectivity index (χ2n) is 7.19. The van der Waals surface area contributed by atoms with E-state index >= 15 is 4.39 Å². The second kappa shape index (κ2) is 10.5. The number of esters is 1. The quantitative estimate of drug-likeness (QED) is 0.351. The number of hydrogen-bond acceptors (Lipinski definition) is 8. The van der Waals surface area contributed by atoms with Gasteiger partial charge in [0, 0.05) is 18.0 Å². The van der Waals surface area contributed by atoms with Crippen LogP contribution in [0.25, 0.3) is 0 Å². The third-order valence-corrected chi connectivity index (χ3v) is 4.72. The number of alkyl halides is 3. The molecule has 1 N–H and O–H groups in total. The first kappa shape index (κ1) is 26.2. The summed E-state index contributed by atoms with van der Waals surface area (Å²) in [4.78, 5) is 32.6. The van der Waals surface area contributed by atoms with E-state index in [1.54, 1.807) is 6.92 Å². The summed E-state index contributed by atoms with van der Waals surface area (Å²) in [6.07, 6.45) is -2.53. The molecule has 0 aliphatic carbocycles. The van der Waals surface area contributed by atoms with Crippen molar-refractivity contribution in [2.45, 2.75) is 20.2 Å². The second-order valence-corrected chi connectivity index (χ2v) is 7.19. The van der Waals surface area contributed by atoms with Crippen LogP contribution in [0.5, 0.6) is 23.0 Å². The van der Waals surface area contributed by atoms with Crippen molar-refractivity contribution in [1.29, 1.82) is 0 Å². The van der Waals surface area contributed by atoms with E-state index in [1.165, 1.54) is 26.3 Å². The van der Waals surface area contributed by atoms with Gasteiger partial charge in [-0.3, -0.25) is 9.78 Å². The zero-order valence-electron chi connectivity index (χ0n) is 19.3. The van der Waals surface area contributed by atoms with Crippen LogP contribution in [0.3, 0.4) is 0 Å². The Balaban J connectivity index is 1.97. The highest BCUT2D eigenvalue weighted by molar-refractivity contribution is 6.07. The lowest BCUT2D eigenvalue weighted by Crippen LogP contribution is -2.18. The summed E-state index contributed by atoms with van der Waals surface area (Å²) in [5, 5.41) is 2.49. The fourth-order valence-corrected chi connectivity index (χ4v) is 2.96. The van der Waals surface area contributed by atoms with Crippen molar-refractivity contribution in [1.82, 2.24) is 9.97 Å². The first-order chi connectivity index (χ1) is 16.9. The van der Waals surface area contributed by atoms with Gasteiger partial charge in [-0.15, -0.1) is 13.2 Å². The molecule has 2 heterocycles. The fraction of sp³-hybridized carbons (Fsp3) is 0.217. The molecular weight excluding hydrogens is 490 g/mol. The van der Waals surface area contributed by atoms with Gasteiger partial charge < -0.3 is 24.3 Å². The maximum Gasteiger partial charge on any atom is 0.573 e. The molecule has 0 aliphatic rings. The fourth-order valence-electron chi connectivity index (χ4n) is 2.96. The molecule has 1 amide bonds. The number of nitrogens with zero attached hydrogens (tertiary/aromatic N) is 2. The molecule has 3 aromatic rings. The van der Waals surface area contributed by atoms with E-state index in [-0.39, 0.29) is 34.3 Å². The third kappa shape index (κ3) is 5.98. The Labute approximate surface area is 202 Å². The molecule has 0 unspecified atom stereocenters. The summed E-state index contributed by atoms with van der Waals surface area (Å²) in [7, 11) is 2.34. The highest BCUT2D eigenvalue weighted by atomic mass is 19.4. The number of aryl methyl sites for hydroxylation is 2. The van der Waals surface area contributed by atoms with E-state index in [9.17, 15) is 22.8 Å². The van der Waals surface area contributed by atoms with E-state index in [4.69, 9.17) is 9.47 Å². The van der Waals surface area contributed by atoms with Crippen LogP contribution in [0.4, 0.5) is 23.2 Å². The normalized spacial score (nSPS) is 11.0. The van der Waals surface area contributed by atoms with Crippen LogP contribution in [0.15, 0.2) is 36.7 Å². The zero-order valence-corrected chi connectivity index (χ0v) is 19.3. The SMILES string of the molecule is COC(=O)c1cc(NC(=O)c2c(Oc3ccc(OC(F)(F)F)cc3OC)cnc(C)c2F)c(C)cn1. The van der Waals surface area contributed by atoms with Gasteiger partial charge in [0.1, 0.15) is 17.0 Å². The van der Waals surface area contributed by atoms with Gasteiger partial charge in [-0.2, -0.15) is 0 Å². The van der Waals surface area contributed by atoms with Crippen molar-refractivity contribution in [3.05, 3.63) is 65.0 Å². The predicted octanol–water partition coefficient (Wildman–Crippen LogP) is 4.97. The Kier molecular flexibility index (Phi) is 7.61. The Morgan fingerprint density at radius 1 is 0.972 bits per heavy atom. The lowest BCUT2D eigenvalue weighted by atomic mass is 10.1. The Hall–Kier alpha value is -4.42. The lowest BCUT2D eigenvalue weighted by molar-refractivity contribution is -0.274. The van der Waals surface area contributed by atoms with Crippen molar-refractivity contribution in [3.63, 3.8) is 0 Å². The summed E-state index contributed by atoms with van der Waals surface area (Å²) < 4.78 is 71.7. The molecule has 0 radical (unpaired) electrons. The maximum atomic E-state index is 15.0. The number of carbonyl (C=O) groups is 2. The number of halogens is 4. The molecule has 190 valence electrons. The van der Waals surface area contributed by atoms with Gasteiger partial charge in [-0.05, 0) is 37.6 Å². The summed E-state index contributed by atoms with van der Waals surface area (Å²) in [5.41, 5.74) is -0.133. The summed E-state index contributed by atoms with van der Waals surface area (Å²) in [6.45, 7) is 2.93. The van der Waals surface area contributed by atoms with Crippen LogP contribution in [-0.2, 0) is 4.74 Å². The average molecular weight is 509 g/mol. The molecule has 0 bridgehead atoms. The lowest BCUT2D eigenvalue weighted by Gasteiger charge is -2.16. The number of aromatic nitrogens is 2. The molecule has 0 atom stereocenters. The number of methoxy groups -OCH3 is 2. The van der Waals surface area contributed by atoms with Crippen LogP contribution in [0, 0.1) is 19.7 Å². The summed E-state index contributed by atoms with van der Waals surface area (Å²) in [5.74, 6) is -3.94. The number of nitrogens with one attached hydrogen (secondary N) is 1. The molecule has 9 nitrogen and oxygen atoms in total. The van der Waals surface area contributed by atoms with Gasteiger partial charge in [0.2, 0.25) is 0 Å². The largest absolute Gasteiger partial charge is 0.573 e. The highest BCUT2D eigenvalue weighted by Gasteiger charge is 2.31. The monoisotopic (exact) mass is 509 g/mol. The predicted molar refractivity (Wildman–Crippen MR) is 117 cm³/mol. The molecular formula is C23H19F4N3O6. The first-order valence-electron chi connectivity index (χ1n) is 10.1. The van der Waals surface area contributed by atoms with E-state index < -0.39 is 35.4 Å².